The summed E-state index contributed by atoms with van der Waals surface area (Å²) in [6, 6.07) is 25.5. The van der Waals surface area contributed by atoms with Crippen molar-refractivity contribution < 1.29 is 13.5 Å². The van der Waals surface area contributed by atoms with Crippen LogP contribution in [0.4, 0.5) is 14.7 Å². The first-order chi connectivity index (χ1) is 19.9. The van der Waals surface area contributed by atoms with E-state index in [-0.39, 0.29) is 11.9 Å². The highest BCUT2D eigenvalue weighted by atomic mass is 19.3. The van der Waals surface area contributed by atoms with Crippen LogP contribution in [0.1, 0.15) is 43.6 Å². The second-order valence-corrected chi connectivity index (χ2v) is 10.7. The number of hydrogen-bond donors (Lipinski definition) is 2. The van der Waals surface area contributed by atoms with Crippen LogP contribution in [0, 0.1) is 0 Å². The first-order valence-corrected chi connectivity index (χ1v) is 13.6. The highest BCUT2D eigenvalue weighted by Crippen LogP contribution is 2.30. The third kappa shape index (κ3) is 5.79. The molecule has 10 heteroatoms. The summed E-state index contributed by atoms with van der Waals surface area (Å²) < 4.78 is 35.6. The molecule has 1 saturated heterocycles. The van der Waals surface area contributed by atoms with E-state index in [4.69, 9.17) is 9.72 Å². The molecule has 2 aromatic heterocycles. The van der Waals surface area contributed by atoms with Gasteiger partial charge in [-0.25, -0.2) is 13.8 Å². The smallest absolute Gasteiger partial charge is 0.296 e. The summed E-state index contributed by atoms with van der Waals surface area (Å²) in [5.41, 5.74) is 3.86. The standard InChI is InChI=1S/C31H31F2N7O/c1-31(2,18-21-12-6-7-13-22(21)20-10-4-3-5-11-20)39-29-36-27(25-19-34-16-17-41-25)37-30(38-29)40-24-15-9-8-14-23(24)35-28(40)26(32)33/h3-15,25-26,34H,16-19H2,1-2H3,(H,36,37,38,39). The molecule has 0 amide bonds. The molecule has 1 atom stereocenters. The van der Waals surface area contributed by atoms with E-state index in [1.54, 1.807) is 24.3 Å². The lowest BCUT2D eigenvalue weighted by Crippen LogP contribution is -2.36. The Balaban J connectivity index is 1.40. The maximum Gasteiger partial charge on any atom is 0.296 e. The molecule has 0 spiro atoms. The van der Waals surface area contributed by atoms with Crippen LogP contribution in [0.25, 0.3) is 28.1 Å². The Morgan fingerprint density at radius 3 is 2.49 bits per heavy atom. The van der Waals surface area contributed by atoms with Gasteiger partial charge in [0.2, 0.25) is 11.9 Å². The van der Waals surface area contributed by atoms with Crippen LogP contribution in [-0.2, 0) is 11.2 Å². The summed E-state index contributed by atoms with van der Waals surface area (Å²) in [4.78, 5) is 18.2. The minimum Gasteiger partial charge on any atom is -0.368 e. The zero-order valence-corrected chi connectivity index (χ0v) is 22.9. The lowest BCUT2D eigenvalue weighted by molar-refractivity contribution is 0.0220. The van der Waals surface area contributed by atoms with E-state index in [0.29, 0.717) is 36.4 Å². The van der Waals surface area contributed by atoms with Crippen molar-refractivity contribution in [2.24, 2.45) is 0 Å². The summed E-state index contributed by atoms with van der Waals surface area (Å²) in [5, 5.41) is 6.75. The van der Waals surface area contributed by atoms with E-state index in [0.717, 1.165) is 23.2 Å². The highest BCUT2D eigenvalue weighted by molar-refractivity contribution is 5.77. The zero-order valence-electron chi connectivity index (χ0n) is 22.9. The third-order valence-corrected chi connectivity index (χ3v) is 7.02. The normalized spacial score (nSPS) is 15.9. The van der Waals surface area contributed by atoms with Gasteiger partial charge in [0.15, 0.2) is 11.6 Å². The number of aromatic nitrogens is 5. The van der Waals surface area contributed by atoms with Crippen molar-refractivity contribution in [1.29, 1.82) is 0 Å². The zero-order chi connectivity index (χ0) is 28.4. The molecule has 1 aliphatic rings. The molecule has 6 rings (SSSR count). The second kappa shape index (κ2) is 11.3. The molecular formula is C31H31F2N7O. The average molecular weight is 556 g/mol. The number of nitrogens with one attached hydrogen (secondary N) is 2. The molecule has 1 unspecified atom stereocenters. The summed E-state index contributed by atoms with van der Waals surface area (Å²) in [6.07, 6.45) is -2.61. The number of alkyl halides is 2. The van der Waals surface area contributed by atoms with Gasteiger partial charge in [0.1, 0.15) is 6.10 Å². The van der Waals surface area contributed by atoms with E-state index in [1.165, 1.54) is 4.57 Å². The number of rotatable bonds is 8. The molecule has 0 aliphatic carbocycles. The molecule has 1 fully saturated rings. The Morgan fingerprint density at radius 2 is 1.71 bits per heavy atom. The van der Waals surface area contributed by atoms with E-state index in [9.17, 15) is 8.78 Å². The fourth-order valence-corrected chi connectivity index (χ4v) is 5.21. The molecule has 210 valence electrons. The molecule has 0 bridgehead atoms. The number of imidazole rings is 1. The number of fused-ring (bicyclic) bond motifs is 1. The topological polar surface area (TPSA) is 89.8 Å². The number of halogens is 2. The van der Waals surface area contributed by atoms with Crippen molar-refractivity contribution in [3.63, 3.8) is 0 Å². The van der Waals surface area contributed by atoms with Crippen LogP contribution >= 0.6 is 0 Å². The monoisotopic (exact) mass is 555 g/mol. The van der Waals surface area contributed by atoms with Gasteiger partial charge in [-0.3, -0.25) is 4.57 Å². The molecule has 3 aromatic carbocycles. The predicted molar refractivity (Wildman–Crippen MR) is 154 cm³/mol. The number of morpholine rings is 1. The number of benzene rings is 3. The van der Waals surface area contributed by atoms with E-state index in [2.05, 4.69) is 63.7 Å². The number of hydrogen-bond acceptors (Lipinski definition) is 7. The average Bonchev–Trinajstić information content (AvgIpc) is 3.38. The van der Waals surface area contributed by atoms with Crippen LogP contribution in [0.2, 0.25) is 0 Å². The van der Waals surface area contributed by atoms with Gasteiger partial charge in [-0.05, 0) is 49.1 Å². The minimum absolute atomic E-state index is 0.0659. The Labute approximate surface area is 236 Å². The number of anilines is 1. The number of ether oxygens (including phenoxy) is 1. The Hall–Kier alpha value is -4.28. The van der Waals surface area contributed by atoms with Gasteiger partial charge in [-0.2, -0.15) is 15.0 Å². The van der Waals surface area contributed by atoms with Gasteiger partial charge >= 0.3 is 0 Å². The van der Waals surface area contributed by atoms with Crippen LogP contribution in [0.3, 0.4) is 0 Å². The predicted octanol–water partition coefficient (Wildman–Crippen LogP) is 5.91. The van der Waals surface area contributed by atoms with Crippen molar-refractivity contribution >= 4 is 17.0 Å². The van der Waals surface area contributed by atoms with Gasteiger partial charge in [-0.1, -0.05) is 66.7 Å². The van der Waals surface area contributed by atoms with Crippen LogP contribution in [-0.4, -0.2) is 49.7 Å². The van der Waals surface area contributed by atoms with Gasteiger partial charge in [-0.15, -0.1) is 0 Å². The fourth-order valence-electron chi connectivity index (χ4n) is 5.21. The molecule has 1 aliphatic heterocycles. The van der Waals surface area contributed by atoms with Crippen LogP contribution in [0.15, 0.2) is 78.9 Å². The molecule has 0 radical (unpaired) electrons. The second-order valence-electron chi connectivity index (χ2n) is 10.7. The molecule has 3 heterocycles. The maximum absolute atomic E-state index is 14.2. The van der Waals surface area contributed by atoms with Crippen molar-refractivity contribution in [2.45, 2.75) is 38.3 Å². The first-order valence-electron chi connectivity index (χ1n) is 13.6. The first kappa shape index (κ1) is 26.9. The third-order valence-electron chi connectivity index (χ3n) is 7.02. The number of para-hydroxylation sites is 2. The summed E-state index contributed by atoms with van der Waals surface area (Å²) >= 11 is 0. The van der Waals surface area contributed by atoms with Crippen molar-refractivity contribution in [1.82, 2.24) is 29.8 Å². The van der Waals surface area contributed by atoms with Gasteiger partial charge in [0, 0.05) is 18.6 Å². The molecule has 8 nitrogen and oxygen atoms in total. The SMILES string of the molecule is CC(C)(Cc1ccccc1-c1ccccc1)Nc1nc(C2CNCCO2)nc(-n2c(C(F)F)nc3ccccc32)n1. The molecular weight excluding hydrogens is 524 g/mol. The summed E-state index contributed by atoms with van der Waals surface area (Å²) in [7, 11) is 0. The lowest BCUT2D eigenvalue weighted by Gasteiger charge is -2.29. The van der Waals surface area contributed by atoms with Crippen molar-refractivity contribution in [3.05, 3.63) is 96.1 Å². The quantitative estimate of drug-likeness (QED) is 0.246. The molecule has 5 aromatic rings. The highest BCUT2D eigenvalue weighted by Gasteiger charge is 2.28. The van der Waals surface area contributed by atoms with Gasteiger partial charge in [0.25, 0.3) is 6.43 Å². The van der Waals surface area contributed by atoms with Gasteiger partial charge < -0.3 is 15.4 Å². The molecule has 41 heavy (non-hydrogen) atoms. The van der Waals surface area contributed by atoms with Gasteiger partial charge in [0.05, 0.1) is 17.6 Å². The summed E-state index contributed by atoms with van der Waals surface area (Å²) in [6.45, 7) is 5.84. The maximum atomic E-state index is 14.2. The number of nitrogens with zero attached hydrogens (tertiary/aromatic N) is 5. The van der Waals surface area contributed by atoms with Crippen LogP contribution < -0.4 is 10.6 Å². The molecule has 0 saturated carbocycles. The molecule has 2 N–H and O–H groups in total. The lowest BCUT2D eigenvalue weighted by atomic mass is 9.89. The van der Waals surface area contributed by atoms with Crippen molar-refractivity contribution in [2.75, 3.05) is 25.0 Å². The van der Waals surface area contributed by atoms with E-state index >= 15 is 0 Å². The largest absolute Gasteiger partial charge is 0.368 e. The van der Waals surface area contributed by atoms with Crippen LogP contribution in [0.5, 0.6) is 0 Å². The van der Waals surface area contributed by atoms with E-state index < -0.39 is 23.9 Å². The minimum atomic E-state index is -2.82. The summed E-state index contributed by atoms with van der Waals surface area (Å²) in [5.74, 6) is 0.284. The fraction of sp³-hybridized carbons (Fsp3) is 0.290. The van der Waals surface area contributed by atoms with Crippen molar-refractivity contribution in [3.8, 4) is 17.1 Å². The Morgan fingerprint density at radius 1 is 0.951 bits per heavy atom. The van der Waals surface area contributed by atoms with E-state index in [1.807, 2.05) is 30.3 Å². The Bertz CT molecular complexity index is 1650. The Kier molecular flexibility index (Phi) is 7.42.